The van der Waals surface area contributed by atoms with Gasteiger partial charge < -0.3 is 5.32 Å². The first-order valence-corrected chi connectivity index (χ1v) is 7.77. The first-order valence-electron chi connectivity index (χ1n) is 7.77. The lowest BCUT2D eigenvalue weighted by molar-refractivity contribution is 0.484. The fourth-order valence-electron chi connectivity index (χ4n) is 2.62. The van der Waals surface area contributed by atoms with Crippen molar-refractivity contribution in [3.8, 4) is 0 Å². The van der Waals surface area contributed by atoms with Crippen molar-refractivity contribution >= 4 is 0 Å². The molecule has 0 saturated carbocycles. The molecule has 1 heterocycles. The maximum absolute atomic E-state index is 4.46. The van der Waals surface area contributed by atoms with Crippen LogP contribution in [0.2, 0.25) is 0 Å². The van der Waals surface area contributed by atoms with E-state index in [1.54, 1.807) is 6.33 Å². The molecule has 1 unspecified atom stereocenters. The van der Waals surface area contributed by atoms with Gasteiger partial charge in [0.1, 0.15) is 12.2 Å². The summed E-state index contributed by atoms with van der Waals surface area (Å²) in [6.07, 6.45) is 2.57. The van der Waals surface area contributed by atoms with Gasteiger partial charge in [0, 0.05) is 24.9 Å². The molecule has 1 atom stereocenters. The van der Waals surface area contributed by atoms with Crippen molar-refractivity contribution in [1.29, 1.82) is 0 Å². The number of nitrogens with zero attached hydrogens (tertiary/aromatic N) is 3. The largest absolute Gasteiger partial charge is 0.316 e. The molecule has 21 heavy (non-hydrogen) atoms. The number of likely N-dealkylation sites (N-methyl/N-ethyl adjacent to an activating group) is 1. The summed E-state index contributed by atoms with van der Waals surface area (Å²) in [5.74, 6) is 1.49. The molecule has 4 heteroatoms. The summed E-state index contributed by atoms with van der Waals surface area (Å²) in [4.78, 5) is 4.46. The fraction of sp³-hybridized carbons (Fsp3) is 0.529. The SMILES string of the molecule is CCNCC(Cc1ncnn1C(C)C)c1cccc(C)c1. The number of aryl methyl sites for hydroxylation is 1. The average Bonchev–Trinajstić information content (AvgIpc) is 2.91. The summed E-state index contributed by atoms with van der Waals surface area (Å²) in [6, 6.07) is 9.12. The van der Waals surface area contributed by atoms with Crippen LogP contribution in [-0.2, 0) is 6.42 Å². The fourth-order valence-corrected chi connectivity index (χ4v) is 2.62. The highest BCUT2D eigenvalue weighted by atomic mass is 15.3. The van der Waals surface area contributed by atoms with E-state index in [1.165, 1.54) is 11.1 Å². The summed E-state index contributed by atoms with van der Waals surface area (Å²) in [6.45, 7) is 10.5. The van der Waals surface area contributed by atoms with E-state index in [4.69, 9.17) is 0 Å². The van der Waals surface area contributed by atoms with Crippen molar-refractivity contribution < 1.29 is 0 Å². The van der Waals surface area contributed by atoms with Crippen LogP contribution in [0.4, 0.5) is 0 Å². The van der Waals surface area contributed by atoms with Gasteiger partial charge in [-0.1, -0.05) is 36.8 Å². The molecule has 2 rings (SSSR count). The molecule has 0 radical (unpaired) electrons. The van der Waals surface area contributed by atoms with Gasteiger partial charge in [-0.15, -0.1) is 0 Å². The van der Waals surface area contributed by atoms with Gasteiger partial charge in [-0.3, -0.25) is 0 Å². The van der Waals surface area contributed by atoms with Gasteiger partial charge >= 0.3 is 0 Å². The van der Waals surface area contributed by atoms with E-state index in [0.717, 1.165) is 25.3 Å². The van der Waals surface area contributed by atoms with E-state index < -0.39 is 0 Å². The maximum Gasteiger partial charge on any atom is 0.138 e. The van der Waals surface area contributed by atoms with E-state index in [0.29, 0.717) is 12.0 Å². The number of benzene rings is 1. The lowest BCUT2D eigenvalue weighted by atomic mass is 9.94. The molecule has 0 aliphatic rings. The summed E-state index contributed by atoms with van der Waals surface area (Å²) in [7, 11) is 0. The Morgan fingerprint density at radius 2 is 2.10 bits per heavy atom. The predicted octanol–water partition coefficient (Wildman–Crippen LogP) is 3.10. The summed E-state index contributed by atoms with van der Waals surface area (Å²) in [5, 5.41) is 7.82. The predicted molar refractivity (Wildman–Crippen MR) is 86.6 cm³/mol. The van der Waals surface area contributed by atoms with Crippen molar-refractivity contribution in [2.45, 2.75) is 46.1 Å². The normalized spacial score (nSPS) is 12.8. The maximum atomic E-state index is 4.46. The monoisotopic (exact) mass is 286 g/mol. The van der Waals surface area contributed by atoms with Crippen molar-refractivity contribution in [3.05, 3.63) is 47.5 Å². The van der Waals surface area contributed by atoms with Crippen LogP contribution in [0.1, 0.15) is 49.7 Å². The number of hydrogen-bond acceptors (Lipinski definition) is 3. The van der Waals surface area contributed by atoms with Crippen LogP contribution < -0.4 is 5.32 Å². The van der Waals surface area contributed by atoms with E-state index in [-0.39, 0.29) is 0 Å². The standard InChI is InChI=1S/C17H26N4/c1-5-18-11-16(15-8-6-7-14(4)9-15)10-17-19-12-20-21(17)13(2)3/h6-9,12-13,16,18H,5,10-11H2,1-4H3. The summed E-state index contributed by atoms with van der Waals surface area (Å²) in [5.41, 5.74) is 2.67. The van der Waals surface area contributed by atoms with Gasteiger partial charge in [-0.05, 0) is 32.9 Å². The minimum absolute atomic E-state index is 0.347. The van der Waals surface area contributed by atoms with Crippen LogP contribution in [0, 0.1) is 6.92 Å². The lowest BCUT2D eigenvalue weighted by Gasteiger charge is -2.19. The molecular formula is C17H26N4. The molecule has 2 aromatic rings. The second-order valence-corrected chi connectivity index (χ2v) is 5.84. The molecule has 0 spiro atoms. The van der Waals surface area contributed by atoms with Crippen LogP contribution in [0.3, 0.4) is 0 Å². The van der Waals surface area contributed by atoms with E-state index in [2.05, 4.69) is 67.4 Å². The van der Waals surface area contributed by atoms with Gasteiger partial charge in [0.2, 0.25) is 0 Å². The Labute approximate surface area is 127 Å². The van der Waals surface area contributed by atoms with E-state index >= 15 is 0 Å². The average molecular weight is 286 g/mol. The molecule has 0 saturated heterocycles. The smallest absolute Gasteiger partial charge is 0.138 e. The third-order valence-corrected chi connectivity index (χ3v) is 3.72. The minimum Gasteiger partial charge on any atom is -0.316 e. The Morgan fingerprint density at radius 3 is 2.76 bits per heavy atom. The van der Waals surface area contributed by atoms with Crippen LogP contribution in [0.15, 0.2) is 30.6 Å². The van der Waals surface area contributed by atoms with E-state index in [1.807, 2.05) is 4.68 Å². The molecule has 0 fully saturated rings. The third-order valence-electron chi connectivity index (χ3n) is 3.72. The Kier molecular flexibility index (Phi) is 5.51. The second-order valence-electron chi connectivity index (χ2n) is 5.84. The van der Waals surface area contributed by atoms with Gasteiger partial charge in [-0.2, -0.15) is 5.10 Å². The zero-order valence-corrected chi connectivity index (χ0v) is 13.5. The van der Waals surface area contributed by atoms with Crippen LogP contribution in [0.5, 0.6) is 0 Å². The topological polar surface area (TPSA) is 42.7 Å². The minimum atomic E-state index is 0.347. The van der Waals surface area contributed by atoms with Crippen molar-refractivity contribution in [2.75, 3.05) is 13.1 Å². The Morgan fingerprint density at radius 1 is 1.29 bits per heavy atom. The Hall–Kier alpha value is -1.68. The number of rotatable bonds is 7. The van der Waals surface area contributed by atoms with Gasteiger partial charge in [0.25, 0.3) is 0 Å². The number of nitrogens with one attached hydrogen (secondary N) is 1. The van der Waals surface area contributed by atoms with Crippen LogP contribution >= 0.6 is 0 Å². The zero-order valence-electron chi connectivity index (χ0n) is 13.5. The van der Waals surface area contributed by atoms with E-state index in [9.17, 15) is 0 Å². The lowest BCUT2D eigenvalue weighted by Crippen LogP contribution is -2.24. The highest BCUT2D eigenvalue weighted by molar-refractivity contribution is 5.26. The quantitative estimate of drug-likeness (QED) is 0.850. The van der Waals surface area contributed by atoms with Gasteiger partial charge in [0.05, 0.1) is 0 Å². The molecule has 1 aromatic carbocycles. The molecule has 0 bridgehead atoms. The van der Waals surface area contributed by atoms with Crippen LogP contribution in [0.25, 0.3) is 0 Å². The number of aromatic nitrogens is 3. The first kappa shape index (κ1) is 15.7. The Bertz CT molecular complexity index is 559. The van der Waals surface area contributed by atoms with Gasteiger partial charge in [-0.25, -0.2) is 9.67 Å². The second kappa shape index (κ2) is 7.36. The molecule has 0 amide bonds. The molecule has 1 N–H and O–H groups in total. The Balaban J connectivity index is 2.22. The highest BCUT2D eigenvalue weighted by Gasteiger charge is 2.17. The molecule has 0 aliphatic heterocycles. The number of hydrogen-bond donors (Lipinski definition) is 1. The summed E-state index contributed by atoms with van der Waals surface area (Å²) < 4.78 is 2.02. The molecule has 4 nitrogen and oxygen atoms in total. The molecule has 1 aromatic heterocycles. The highest BCUT2D eigenvalue weighted by Crippen LogP contribution is 2.21. The zero-order chi connectivity index (χ0) is 15.2. The third kappa shape index (κ3) is 4.14. The van der Waals surface area contributed by atoms with Gasteiger partial charge in [0.15, 0.2) is 0 Å². The molecule has 0 aliphatic carbocycles. The van der Waals surface area contributed by atoms with Crippen molar-refractivity contribution in [2.24, 2.45) is 0 Å². The summed E-state index contributed by atoms with van der Waals surface area (Å²) >= 11 is 0. The molecule has 114 valence electrons. The van der Waals surface area contributed by atoms with Crippen molar-refractivity contribution in [3.63, 3.8) is 0 Å². The van der Waals surface area contributed by atoms with Crippen molar-refractivity contribution in [1.82, 2.24) is 20.1 Å². The van der Waals surface area contributed by atoms with Crippen LogP contribution in [-0.4, -0.2) is 27.9 Å². The first-order chi connectivity index (χ1) is 10.1. The molecular weight excluding hydrogens is 260 g/mol.